The van der Waals surface area contributed by atoms with Crippen molar-refractivity contribution in [3.63, 3.8) is 0 Å². The Kier molecular flexibility index (Phi) is 3.55. The number of aryl methyl sites for hydroxylation is 1. The Morgan fingerprint density at radius 3 is 2.75 bits per heavy atom. The zero-order chi connectivity index (χ0) is 16.5. The molecule has 4 aromatic rings. The van der Waals surface area contributed by atoms with E-state index in [4.69, 9.17) is 0 Å². The summed E-state index contributed by atoms with van der Waals surface area (Å²) in [5, 5.41) is 2.84. The number of carbonyl (C=O) groups is 1. The first-order valence-electron chi connectivity index (χ1n) is 7.32. The number of amides is 1. The number of nitrogens with one attached hydrogen (secondary N) is 1. The lowest BCUT2D eigenvalue weighted by atomic mass is 10.3. The van der Waals surface area contributed by atoms with E-state index in [1.807, 2.05) is 47.9 Å². The minimum Gasteiger partial charge on any atom is -0.320 e. The molecule has 3 heterocycles. The first-order valence-corrected chi connectivity index (χ1v) is 8.20. The van der Waals surface area contributed by atoms with Gasteiger partial charge in [-0.1, -0.05) is 12.1 Å². The second kappa shape index (κ2) is 5.86. The maximum Gasteiger partial charge on any atom is 0.267 e. The molecule has 24 heavy (non-hydrogen) atoms. The molecule has 0 unspecified atom stereocenters. The predicted molar refractivity (Wildman–Crippen MR) is 93.7 cm³/mol. The minimum absolute atomic E-state index is 0.169. The van der Waals surface area contributed by atoms with E-state index in [1.54, 1.807) is 18.0 Å². The summed E-state index contributed by atoms with van der Waals surface area (Å²) in [4.78, 5) is 25.7. The Bertz CT molecular complexity index is 1020. The Hall–Kier alpha value is -3.06. The molecule has 1 N–H and O–H groups in total. The van der Waals surface area contributed by atoms with Gasteiger partial charge in [-0.25, -0.2) is 15.0 Å². The third kappa shape index (κ3) is 2.55. The van der Waals surface area contributed by atoms with E-state index < -0.39 is 0 Å². The van der Waals surface area contributed by atoms with Crippen LogP contribution in [-0.2, 0) is 0 Å². The van der Waals surface area contributed by atoms with Gasteiger partial charge in [0.05, 0.1) is 34.1 Å². The lowest BCUT2D eigenvalue weighted by Crippen LogP contribution is -2.12. The van der Waals surface area contributed by atoms with E-state index in [0.29, 0.717) is 10.6 Å². The molecule has 0 bridgehead atoms. The molecular weight excluding hydrogens is 322 g/mol. The molecule has 118 valence electrons. The molecule has 4 rings (SSSR count). The summed E-state index contributed by atoms with van der Waals surface area (Å²) >= 11 is 1.32. The van der Waals surface area contributed by atoms with Gasteiger partial charge in [0, 0.05) is 0 Å². The highest BCUT2D eigenvalue weighted by atomic mass is 32.1. The van der Waals surface area contributed by atoms with Crippen molar-refractivity contribution in [2.75, 3.05) is 5.32 Å². The van der Waals surface area contributed by atoms with Crippen LogP contribution in [0.1, 0.15) is 15.4 Å². The monoisotopic (exact) mass is 335 g/mol. The summed E-state index contributed by atoms with van der Waals surface area (Å²) in [6.07, 6.45) is 3.38. The van der Waals surface area contributed by atoms with Gasteiger partial charge in [0.2, 0.25) is 0 Å². The molecule has 0 radical (unpaired) electrons. The van der Waals surface area contributed by atoms with Crippen molar-refractivity contribution in [2.24, 2.45) is 0 Å². The topological polar surface area (TPSA) is 72.7 Å². The van der Waals surface area contributed by atoms with Gasteiger partial charge < -0.3 is 5.32 Å². The summed E-state index contributed by atoms with van der Waals surface area (Å²) in [5.41, 5.74) is 4.93. The molecule has 0 aliphatic rings. The molecule has 0 saturated carbocycles. The zero-order valence-electron chi connectivity index (χ0n) is 12.8. The fourth-order valence-electron chi connectivity index (χ4n) is 2.45. The van der Waals surface area contributed by atoms with Gasteiger partial charge in [0.15, 0.2) is 0 Å². The summed E-state index contributed by atoms with van der Waals surface area (Å²) in [6.45, 7) is 1.82. The van der Waals surface area contributed by atoms with Gasteiger partial charge in [-0.3, -0.25) is 9.36 Å². The third-order valence-corrected chi connectivity index (χ3v) is 4.59. The van der Waals surface area contributed by atoms with Crippen LogP contribution in [0.4, 0.5) is 5.69 Å². The maximum absolute atomic E-state index is 12.2. The molecule has 1 amide bonds. The number of hydrogen-bond donors (Lipinski definition) is 1. The zero-order valence-corrected chi connectivity index (χ0v) is 13.6. The van der Waals surface area contributed by atoms with Crippen molar-refractivity contribution in [2.45, 2.75) is 6.92 Å². The van der Waals surface area contributed by atoms with E-state index in [2.05, 4.69) is 20.3 Å². The number of para-hydroxylation sites is 2. The SMILES string of the molecule is Cc1ncsc1C(=O)Nc1ccc(-n2cnc3ccccc32)nc1. The maximum atomic E-state index is 12.2. The van der Waals surface area contributed by atoms with Crippen molar-refractivity contribution in [1.29, 1.82) is 0 Å². The second-order valence-corrected chi connectivity index (χ2v) is 6.08. The highest BCUT2D eigenvalue weighted by Gasteiger charge is 2.12. The summed E-state index contributed by atoms with van der Waals surface area (Å²) in [5.74, 6) is 0.577. The van der Waals surface area contributed by atoms with Crippen LogP contribution < -0.4 is 5.32 Å². The van der Waals surface area contributed by atoms with E-state index in [1.165, 1.54) is 11.3 Å². The number of imidazole rings is 1. The molecule has 7 heteroatoms. The first-order chi connectivity index (χ1) is 11.7. The third-order valence-electron chi connectivity index (χ3n) is 3.66. The number of anilines is 1. The number of aromatic nitrogens is 4. The lowest BCUT2D eigenvalue weighted by molar-refractivity contribution is 0.103. The average molecular weight is 335 g/mol. The number of thiazole rings is 1. The van der Waals surface area contributed by atoms with Crippen LogP contribution in [0.15, 0.2) is 54.4 Å². The molecule has 0 spiro atoms. The molecule has 0 saturated heterocycles. The average Bonchev–Trinajstić information content (AvgIpc) is 3.22. The van der Waals surface area contributed by atoms with E-state index in [0.717, 1.165) is 22.5 Å². The highest BCUT2D eigenvalue weighted by Crippen LogP contribution is 2.19. The fourth-order valence-corrected chi connectivity index (χ4v) is 3.15. The lowest BCUT2D eigenvalue weighted by Gasteiger charge is -2.06. The highest BCUT2D eigenvalue weighted by molar-refractivity contribution is 7.12. The van der Waals surface area contributed by atoms with Gasteiger partial charge in [-0.05, 0) is 31.2 Å². The van der Waals surface area contributed by atoms with Gasteiger partial charge in [0.1, 0.15) is 17.0 Å². The van der Waals surface area contributed by atoms with Crippen LogP contribution in [0.25, 0.3) is 16.9 Å². The quantitative estimate of drug-likeness (QED) is 0.622. The van der Waals surface area contributed by atoms with Crippen molar-refractivity contribution >= 4 is 34.0 Å². The Morgan fingerprint density at radius 1 is 1.12 bits per heavy atom. The molecule has 3 aromatic heterocycles. The van der Waals surface area contributed by atoms with Gasteiger partial charge in [-0.15, -0.1) is 11.3 Å². The molecular formula is C17H13N5OS. The molecule has 1 aromatic carbocycles. The molecule has 0 fully saturated rings. The second-order valence-electron chi connectivity index (χ2n) is 5.23. The van der Waals surface area contributed by atoms with Crippen LogP contribution in [0.3, 0.4) is 0 Å². The largest absolute Gasteiger partial charge is 0.320 e. The van der Waals surface area contributed by atoms with Crippen molar-refractivity contribution in [3.8, 4) is 5.82 Å². The molecule has 6 nitrogen and oxygen atoms in total. The number of pyridine rings is 1. The predicted octanol–water partition coefficient (Wildman–Crippen LogP) is 3.44. The first kappa shape index (κ1) is 14.5. The molecule has 0 aliphatic carbocycles. The van der Waals surface area contributed by atoms with Crippen molar-refractivity contribution in [1.82, 2.24) is 19.5 Å². The van der Waals surface area contributed by atoms with E-state index >= 15 is 0 Å². The number of fused-ring (bicyclic) bond motifs is 1. The minimum atomic E-state index is -0.169. The van der Waals surface area contributed by atoms with E-state index in [9.17, 15) is 4.79 Å². The van der Waals surface area contributed by atoms with Gasteiger partial charge in [-0.2, -0.15) is 0 Å². The summed E-state index contributed by atoms with van der Waals surface area (Å²) < 4.78 is 1.91. The van der Waals surface area contributed by atoms with E-state index in [-0.39, 0.29) is 5.91 Å². The van der Waals surface area contributed by atoms with Crippen LogP contribution >= 0.6 is 11.3 Å². The number of nitrogens with zero attached hydrogens (tertiary/aromatic N) is 4. The summed E-state index contributed by atoms with van der Waals surface area (Å²) in [7, 11) is 0. The summed E-state index contributed by atoms with van der Waals surface area (Å²) in [6, 6.07) is 11.5. The standard InChI is InChI=1S/C17H13N5OS/c1-11-16(24-10-20-11)17(23)21-12-6-7-15(18-8-12)22-9-19-13-4-2-3-5-14(13)22/h2-10H,1H3,(H,21,23). The number of rotatable bonds is 3. The normalized spacial score (nSPS) is 10.9. The Morgan fingerprint density at radius 2 is 2.00 bits per heavy atom. The van der Waals surface area contributed by atoms with Crippen LogP contribution in [-0.4, -0.2) is 25.4 Å². The van der Waals surface area contributed by atoms with Gasteiger partial charge >= 0.3 is 0 Å². The van der Waals surface area contributed by atoms with Crippen molar-refractivity contribution in [3.05, 3.63) is 65.0 Å². The Labute approximate surface area is 141 Å². The smallest absolute Gasteiger partial charge is 0.267 e. The number of hydrogen-bond acceptors (Lipinski definition) is 5. The fraction of sp³-hybridized carbons (Fsp3) is 0.0588. The molecule has 0 atom stereocenters. The van der Waals surface area contributed by atoms with Crippen molar-refractivity contribution < 1.29 is 4.79 Å². The molecule has 0 aliphatic heterocycles. The Balaban J connectivity index is 1.59. The van der Waals surface area contributed by atoms with Crippen LogP contribution in [0, 0.1) is 6.92 Å². The van der Waals surface area contributed by atoms with Crippen LogP contribution in [0.2, 0.25) is 0 Å². The van der Waals surface area contributed by atoms with Crippen LogP contribution in [0.5, 0.6) is 0 Å². The number of benzene rings is 1. The number of carbonyl (C=O) groups excluding carboxylic acids is 1. The van der Waals surface area contributed by atoms with Gasteiger partial charge in [0.25, 0.3) is 5.91 Å².